The van der Waals surface area contributed by atoms with Crippen molar-refractivity contribution in [2.45, 2.75) is 0 Å². The maximum absolute atomic E-state index is 12.9. The molecule has 5 heteroatoms. The number of benzene rings is 1. The van der Waals surface area contributed by atoms with Crippen LogP contribution >= 0.6 is 11.3 Å². The van der Waals surface area contributed by atoms with Crippen molar-refractivity contribution in [3.8, 4) is 11.3 Å². The van der Waals surface area contributed by atoms with Crippen LogP contribution < -0.4 is 4.90 Å². The van der Waals surface area contributed by atoms with Gasteiger partial charge in [0, 0.05) is 32.4 Å². The van der Waals surface area contributed by atoms with Gasteiger partial charge in [0.25, 0.3) is 0 Å². The van der Waals surface area contributed by atoms with Gasteiger partial charge in [-0.1, -0.05) is 24.8 Å². The number of ketones is 1. The maximum Gasteiger partial charge on any atom is 0.223 e. The van der Waals surface area contributed by atoms with Gasteiger partial charge in [-0.15, -0.1) is 11.3 Å². The van der Waals surface area contributed by atoms with Crippen molar-refractivity contribution in [3.63, 3.8) is 0 Å². The summed E-state index contributed by atoms with van der Waals surface area (Å²) in [5, 5.41) is 1.90. The normalized spacial score (nSPS) is 10.6. The summed E-state index contributed by atoms with van der Waals surface area (Å²) in [6.45, 7) is 3.80. The van der Waals surface area contributed by atoms with Crippen LogP contribution in [-0.2, 0) is 7.05 Å². The Bertz CT molecular complexity index is 874. The zero-order valence-corrected chi connectivity index (χ0v) is 14.8. The number of hydrogen-bond donors (Lipinski definition) is 0. The van der Waals surface area contributed by atoms with Gasteiger partial charge in [0.1, 0.15) is 11.5 Å². The molecular formula is C19H19N3OS. The van der Waals surface area contributed by atoms with Crippen molar-refractivity contribution in [1.82, 2.24) is 9.55 Å². The van der Waals surface area contributed by atoms with Gasteiger partial charge >= 0.3 is 0 Å². The summed E-state index contributed by atoms with van der Waals surface area (Å²) in [5.74, 6) is 0.627. The van der Waals surface area contributed by atoms with Crippen molar-refractivity contribution in [3.05, 3.63) is 64.8 Å². The highest BCUT2D eigenvalue weighted by Gasteiger charge is 2.22. The largest absolute Gasteiger partial charge is 0.378 e. The molecule has 0 radical (unpaired) electrons. The molecule has 0 aliphatic heterocycles. The average Bonchev–Trinajstić information content (AvgIpc) is 3.22. The molecule has 122 valence electrons. The second kappa shape index (κ2) is 6.45. The van der Waals surface area contributed by atoms with Gasteiger partial charge in [-0.3, -0.25) is 4.79 Å². The average molecular weight is 337 g/mol. The molecule has 24 heavy (non-hydrogen) atoms. The van der Waals surface area contributed by atoms with Crippen LogP contribution in [0.25, 0.3) is 17.3 Å². The standard InChI is InChI=1S/C19H19N3OS/c1-5-16-20-17(19(23)15-7-6-12-24-15)18(22(16)4)13-8-10-14(11-9-13)21(2)3/h5-12H,1H2,2-4H3. The summed E-state index contributed by atoms with van der Waals surface area (Å²) in [6.07, 6.45) is 1.67. The first-order chi connectivity index (χ1) is 11.5. The lowest BCUT2D eigenvalue weighted by molar-refractivity contribution is 0.103. The lowest BCUT2D eigenvalue weighted by Crippen LogP contribution is -2.08. The van der Waals surface area contributed by atoms with Crippen molar-refractivity contribution in [1.29, 1.82) is 0 Å². The van der Waals surface area contributed by atoms with E-state index in [-0.39, 0.29) is 5.78 Å². The maximum atomic E-state index is 12.9. The summed E-state index contributed by atoms with van der Waals surface area (Å²) in [7, 11) is 5.91. The fraction of sp³-hybridized carbons (Fsp3) is 0.158. The Morgan fingerprint density at radius 1 is 1.25 bits per heavy atom. The first-order valence-corrected chi connectivity index (χ1v) is 8.46. The molecular weight excluding hydrogens is 318 g/mol. The van der Waals surface area contributed by atoms with Crippen molar-refractivity contribution >= 4 is 28.9 Å². The number of rotatable bonds is 5. The third-order valence-electron chi connectivity index (χ3n) is 3.93. The van der Waals surface area contributed by atoms with Crippen LogP contribution in [0.1, 0.15) is 21.2 Å². The SMILES string of the molecule is C=Cc1nc(C(=O)c2cccs2)c(-c2ccc(N(C)C)cc2)n1C. The van der Waals surface area contributed by atoms with E-state index in [2.05, 4.69) is 11.6 Å². The van der Waals surface area contributed by atoms with Crippen LogP contribution in [0.2, 0.25) is 0 Å². The zero-order chi connectivity index (χ0) is 17.3. The van der Waals surface area contributed by atoms with E-state index in [0.29, 0.717) is 16.4 Å². The molecule has 0 saturated heterocycles. The Balaban J connectivity index is 2.14. The lowest BCUT2D eigenvalue weighted by atomic mass is 10.1. The minimum atomic E-state index is -0.0552. The van der Waals surface area contributed by atoms with Crippen molar-refractivity contribution < 1.29 is 4.79 Å². The Kier molecular flexibility index (Phi) is 4.36. The van der Waals surface area contributed by atoms with E-state index < -0.39 is 0 Å². The van der Waals surface area contributed by atoms with Gasteiger partial charge in [-0.2, -0.15) is 0 Å². The Morgan fingerprint density at radius 2 is 1.96 bits per heavy atom. The van der Waals surface area contributed by atoms with Crippen molar-refractivity contribution in [2.75, 3.05) is 19.0 Å². The third-order valence-corrected chi connectivity index (χ3v) is 4.80. The molecule has 3 aromatic rings. The van der Waals surface area contributed by atoms with Crippen molar-refractivity contribution in [2.24, 2.45) is 7.05 Å². The number of aromatic nitrogens is 2. The molecule has 0 aliphatic carbocycles. The summed E-state index contributed by atoms with van der Waals surface area (Å²) in [4.78, 5) is 20.1. The highest BCUT2D eigenvalue weighted by molar-refractivity contribution is 7.12. The van der Waals surface area contributed by atoms with Crippen LogP contribution in [-0.4, -0.2) is 29.4 Å². The molecule has 0 amide bonds. The molecule has 0 atom stereocenters. The van der Waals surface area contributed by atoms with Crippen LogP contribution in [0.3, 0.4) is 0 Å². The quantitative estimate of drug-likeness (QED) is 0.658. The van der Waals surface area contributed by atoms with E-state index in [4.69, 9.17) is 0 Å². The number of carbonyl (C=O) groups excluding carboxylic acids is 1. The van der Waals surface area contributed by atoms with Gasteiger partial charge in [0.15, 0.2) is 0 Å². The smallest absolute Gasteiger partial charge is 0.223 e. The molecule has 0 fully saturated rings. The molecule has 0 unspecified atom stereocenters. The fourth-order valence-electron chi connectivity index (χ4n) is 2.63. The molecule has 0 saturated carbocycles. The van der Waals surface area contributed by atoms with Gasteiger partial charge in [0.05, 0.1) is 10.6 Å². The number of imidazole rings is 1. The van der Waals surface area contributed by atoms with Crippen LogP contribution in [0.5, 0.6) is 0 Å². The molecule has 1 aromatic carbocycles. The first-order valence-electron chi connectivity index (χ1n) is 7.58. The number of thiophene rings is 1. The minimum Gasteiger partial charge on any atom is -0.378 e. The predicted octanol–water partition coefficient (Wildman–Crippen LogP) is 4.09. The number of carbonyl (C=O) groups is 1. The fourth-order valence-corrected chi connectivity index (χ4v) is 3.29. The number of anilines is 1. The topological polar surface area (TPSA) is 38.1 Å². The molecule has 0 N–H and O–H groups in total. The van der Waals surface area contributed by atoms with E-state index in [0.717, 1.165) is 16.9 Å². The van der Waals surface area contributed by atoms with Crippen LogP contribution in [0, 0.1) is 0 Å². The van der Waals surface area contributed by atoms with E-state index in [9.17, 15) is 4.79 Å². The zero-order valence-electron chi connectivity index (χ0n) is 14.0. The van der Waals surface area contributed by atoms with E-state index in [1.165, 1.54) is 11.3 Å². The molecule has 0 spiro atoms. The first kappa shape index (κ1) is 16.2. The molecule has 2 heterocycles. The van der Waals surface area contributed by atoms with Gasteiger partial charge in [0.2, 0.25) is 5.78 Å². The van der Waals surface area contributed by atoms with E-state index in [1.807, 2.05) is 72.4 Å². The number of hydrogen-bond acceptors (Lipinski definition) is 4. The molecule has 2 aromatic heterocycles. The minimum absolute atomic E-state index is 0.0552. The lowest BCUT2D eigenvalue weighted by Gasteiger charge is -2.13. The Labute approximate surface area is 145 Å². The summed E-state index contributed by atoms with van der Waals surface area (Å²) in [6, 6.07) is 11.8. The van der Waals surface area contributed by atoms with Crippen LogP contribution in [0.15, 0.2) is 48.4 Å². The van der Waals surface area contributed by atoms with Gasteiger partial charge in [-0.05, 0) is 29.7 Å². The molecule has 0 bridgehead atoms. The van der Waals surface area contributed by atoms with Gasteiger partial charge in [-0.25, -0.2) is 4.98 Å². The summed E-state index contributed by atoms with van der Waals surface area (Å²) >= 11 is 1.43. The third kappa shape index (κ3) is 2.78. The summed E-state index contributed by atoms with van der Waals surface area (Å²) in [5.41, 5.74) is 3.35. The van der Waals surface area contributed by atoms with Crippen LogP contribution in [0.4, 0.5) is 5.69 Å². The molecule has 3 rings (SSSR count). The monoisotopic (exact) mass is 337 g/mol. The van der Waals surface area contributed by atoms with Gasteiger partial charge < -0.3 is 9.47 Å². The Morgan fingerprint density at radius 3 is 2.50 bits per heavy atom. The highest BCUT2D eigenvalue weighted by atomic mass is 32.1. The molecule has 4 nitrogen and oxygen atoms in total. The molecule has 0 aliphatic rings. The summed E-state index contributed by atoms with van der Waals surface area (Å²) < 4.78 is 1.92. The highest BCUT2D eigenvalue weighted by Crippen LogP contribution is 2.29. The van der Waals surface area contributed by atoms with E-state index in [1.54, 1.807) is 6.08 Å². The number of nitrogens with zero attached hydrogens (tertiary/aromatic N) is 3. The Hall–Kier alpha value is -2.66. The van der Waals surface area contributed by atoms with E-state index >= 15 is 0 Å². The second-order valence-electron chi connectivity index (χ2n) is 5.68. The second-order valence-corrected chi connectivity index (χ2v) is 6.63. The predicted molar refractivity (Wildman–Crippen MR) is 101 cm³/mol.